The zero-order valence-corrected chi connectivity index (χ0v) is 12.3. The lowest BCUT2D eigenvalue weighted by molar-refractivity contribution is 1.13. The number of hydrogen-bond donors (Lipinski definition) is 0. The summed E-state index contributed by atoms with van der Waals surface area (Å²) >= 11 is 0. The van der Waals surface area contributed by atoms with Gasteiger partial charge in [0.1, 0.15) is 5.82 Å². The highest BCUT2D eigenvalue weighted by Gasteiger charge is 2.05. The topological polar surface area (TPSA) is 16.1 Å². The maximum Gasteiger partial charge on any atom is 0.132 e. The second-order valence-corrected chi connectivity index (χ2v) is 5.16. The van der Waals surface area contributed by atoms with Gasteiger partial charge < -0.3 is 4.90 Å². The summed E-state index contributed by atoms with van der Waals surface area (Å²) < 4.78 is 0. The molecule has 0 saturated heterocycles. The van der Waals surface area contributed by atoms with Crippen LogP contribution < -0.4 is 4.90 Å². The first-order chi connectivity index (χ1) is 10.2. The summed E-state index contributed by atoms with van der Waals surface area (Å²) in [5.74, 6) is 0.945. The van der Waals surface area contributed by atoms with Gasteiger partial charge in [0.05, 0.1) is 0 Å². The molecular weight excluding hydrogens is 256 g/mol. The molecular formula is C19H18N2. The number of nitrogens with zero attached hydrogens (tertiary/aromatic N) is 2. The summed E-state index contributed by atoms with van der Waals surface area (Å²) in [6.07, 6.45) is 1.81. The molecule has 2 aromatic carbocycles. The predicted molar refractivity (Wildman–Crippen MR) is 88.9 cm³/mol. The van der Waals surface area contributed by atoms with Crippen LogP contribution in [0.25, 0.3) is 11.1 Å². The lowest BCUT2D eigenvalue weighted by atomic mass is 10.0. The molecule has 0 N–H and O–H groups in total. The van der Waals surface area contributed by atoms with Gasteiger partial charge in [0.25, 0.3) is 0 Å². The van der Waals surface area contributed by atoms with Crippen molar-refractivity contribution in [1.82, 2.24) is 4.98 Å². The molecule has 0 atom stereocenters. The maximum atomic E-state index is 4.37. The van der Waals surface area contributed by atoms with E-state index in [0.29, 0.717) is 0 Å². The third-order valence-corrected chi connectivity index (χ3v) is 3.63. The Morgan fingerprint density at radius 3 is 1.95 bits per heavy atom. The van der Waals surface area contributed by atoms with Gasteiger partial charge in [0.2, 0.25) is 0 Å². The molecule has 3 rings (SSSR count). The molecule has 2 nitrogen and oxygen atoms in total. The zero-order valence-electron chi connectivity index (χ0n) is 12.3. The lowest BCUT2D eigenvalue weighted by Gasteiger charge is -2.18. The zero-order chi connectivity index (χ0) is 14.7. The molecule has 3 aromatic rings. The van der Waals surface area contributed by atoms with Crippen molar-refractivity contribution < 1.29 is 0 Å². The molecule has 1 aromatic heterocycles. The molecule has 0 fully saturated rings. The second kappa shape index (κ2) is 5.80. The largest absolute Gasteiger partial charge is 0.329 e. The number of aromatic nitrogens is 1. The molecule has 0 unspecified atom stereocenters. The molecule has 0 aliphatic rings. The highest BCUT2D eigenvalue weighted by atomic mass is 15.2. The molecule has 104 valence electrons. The first-order valence-corrected chi connectivity index (χ1v) is 7.06. The fourth-order valence-corrected chi connectivity index (χ4v) is 2.31. The fraction of sp³-hybridized carbons (Fsp3) is 0.105. The Labute approximate surface area is 125 Å². The van der Waals surface area contributed by atoms with Crippen LogP contribution in [-0.2, 0) is 0 Å². The Hall–Kier alpha value is -2.61. The van der Waals surface area contributed by atoms with Gasteiger partial charge in [-0.2, -0.15) is 0 Å². The molecule has 0 radical (unpaired) electrons. The quantitative estimate of drug-likeness (QED) is 0.680. The van der Waals surface area contributed by atoms with E-state index in [4.69, 9.17) is 0 Å². The SMILES string of the molecule is Cc1ccc(-c2ccc(N(C)c3ccccn3)cc2)cc1. The van der Waals surface area contributed by atoms with Crippen LogP contribution in [0.5, 0.6) is 0 Å². The van der Waals surface area contributed by atoms with E-state index < -0.39 is 0 Å². The summed E-state index contributed by atoms with van der Waals surface area (Å²) in [7, 11) is 2.03. The molecule has 0 aliphatic heterocycles. The van der Waals surface area contributed by atoms with Crippen molar-refractivity contribution >= 4 is 11.5 Å². The normalized spacial score (nSPS) is 10.4. The average molecular weight is 274 g/mol. The van der Waals surface area contributed by atoms with Crippen molar-refractivity contribution in [3.05, 3.63) is 78.5 Å². The number of rotatable bonds is 3. The van der Waals surface area contributed by atoms with Crippen molar-refractivity contribution in [3.63, 3.8) is 0 Å². The van der Waals surface area contributed by atoms with Crippen LogP contribution in [0.1, 0.15) is 5.56 Å². The van der Waals surface area contributed by atoms with Gasteiger partial charge in [-0.05, 0) is 42.3 Å². The smallest absolute Gasteiger partial charge is 0.132 e. The minimum absolute atomic E-state index is 0.945. The highest BCUT2D eigenvalue weighted by Crippen LogP contribution is 2.26. The third-order valence-electron chi connectivity index (χ3n) is 3.63. The van der Waals surface area contributed by atoms with Crippen molar-refractivity contribution in [2.45, 2.75) is 6.92 Å². The Morgan fingerprint density at radius 1 is 0.762 bits per heavy atom. The number of benzene rings is 2. The van der Waals surface area contributed by atoms with E-state index in [2.05, 4.69) is 65.3 Å². The van der Waals surface area contributed by atoms with Crippen LogP contribution >= 0.6 is 0 Å². The van der Waals surface area contributed by atoms with Gasteiger partial charge in [0.15, 0.2) is 0 Å². The fourth-order valence-electron chi connectivity index (χ4n) is 2.31. The van der Waals surface area contributed by atoms with Gasteiger partial charge in [-0.3, -0.25) is 0 Å². The van der Waals surface area contributed by atoms with Crippen LogP contribution in [0, 0.1) is 6.92 Å². The standard InChI is InChI=1S/C19H18N2/c1-15-6-8-16(9-7-15)17-10-12-18(13-11-17)21(2)19-5-3-4-14-20-19/h3-14H,1-2H3. The van der Waals surface area contributed by atoms with Crippen molar-refractivity contribution in [2.24, 2.45) is 0 Å². The van der Waals surface area contributed by atoms with Crippen LogP contribution in [0.15, 0.2) is 72.9 Å². The van der Waals surface area contributed by atoms with E-state index in [1.54, 1.807) is 0 Å². The number of anilines is 2. The van der Waals surface area contributed by atoms with Crippen LogP contribution in [0.4, 0.5) is 11.5 Å². The molecule has 1 heterocycles. The molecule has 0 bridgehead atoms. The van der Waals surface area contributed by atoms with Crippen molar-refractivity contribution in [2.75, 3.05) is 11.9 Å². The predicted octanol–water partition coefficient (Wildman–Crippen LogP) is 4.82. The molecule has 0 saturated carbocycles. The number of aryl methyl sites for hydroxylation is 1. The first-order valence-electron chi connectivity index (χ1n) is 7.06. The number of pyridine rings is 1. The molecule has 0 amide bonds. The second-order valence-electron chi connectivity index (χ2n) is 5.16. The van der Waals surface area contributed by atoms with Gasteiger partial charge in [0, 0.05) is 18.9 Å². The van der Waals surface area contributed by atoms with E-state index in [1.807, 2.05) is 31.4 Å². The van der Waals surface area contributed by atoms with Gasteiger partial charge in [-0.1, -0.05) is 48.0 Å². The van der Waals surface area contributed by atoms with Gasteiger partial charge in [-0.15, -0.1) is 0 Å². The molecule has 2 heteroatoms. The highest BCUT2D eigenvalue weighted by molar-refractivity contribution is 5.68. The van der Waals surface area contributed by atoms with E-state index in [0.717, 1.165) is 11.5 Å². The lowest BCUT2D eigenvalue weighted by Crippen LogP contribution is -2.10. The van der Waals surface area contributed by atoms with E-state index >= 15 is 0 Å². The summed E-state index contributed by atoms with van der Waals surface area (Å²) in [4.78, 5) is 6.45. The maximum absolute atomic E-state index is 4.37. The van der Waals surface area contributed by atoms with Crippen molar-refractivity contribution in [3.8, 4) is 11.1 Å². The van der Waals surface area contributed by atoms with Gasteiger partial charge in [-0.25, -0.2) is 4.98 Å². The summed E-state index contributed by atoms with van der Waals surface area (Å²) in [5, 5.41) is 0. The van der Waals surface area contributed by atoms with Crippen molar-refractivity contribution in [1.29, 1.82) is 0 Å². The van der Waals surface area contributed by atoms with E-state index in [-0.39, 0.29) is 0 Å². The molecule has 21 heavy (non-hydrogen) atoms. The summed E-state index contributed by atoms with van der Waals surface area (Å²) in [6, 6.07) is 23.1. The summed E-state index contributed by atoms with van der Waals surface area (Å²) in [5.41, 5.74) is 4.88. The Balaban J connectivity index is 1.85. The molecule has 0 aliphatic carbocycles. The summed E-state index contributed by atoms with van der Waals surface area (Å²) in [6.45, 7) is 2.11. The number of hydrogen-bond acceptors (Lipinski definition) is 2. The Kier molecular flexibility index (Phi) is 3.69. The minimum atomic E-state index is 0.945. The van der Waals surface area contributed by atoms with Crippen LogP contribution in [-0.4, -0.2) is 12.0 Å². The average Bonchev–Trinajstić information content (AvgIpc) is 2.56. The van der Waals surface area contributed by atoms with E-state index in [1.165, 1.54) is 16.7 Å². The molecule has 0 spiro atoms. The monoisotopic (exact) mass is 274 g/mol. The third kappa shape index (κ3) is 2.95. The first kappa shape index (κ1) is 13.4. The van der Waals surface area contributed by atoms with E-state index in [9.17, 15) is 0 Å². The Morgan fingerprint density at radius 2 is 1.38 bits per heavy atom. The Bertz CT molecular complexity index is 701. The minimum Gasteiger partial charge on any atom is -0.329 e. The van der Waals surface area contributed by atoms with Crippen LogP contribution in [0.3, 0.4) is 0 Å². The van der Waals surface area contributed by atoms with Crippen LogP contribution in [0.2, 0.25) is 0 Å². The van der Waals surface area contributed by atoms with Gasteiger partial charge >= 0.3 is 0 Å².